The standard InChI is InChI=1S/C19H15F3N2O5S/c1-3-28-18(26)16-17(25)15-13(5-4-6-14(15)30(2)27)24(23-16)11-7-9-12(10-8-11)29-19(20,21)22/h4-10H,3H2,1-2H3. The van der Waals surface area contributed by atoms with Crippen molar-refractivity contribution in [1.29, 1.82) is 0 Å². The average molecular weight is 440 g/mol. The summed E-state index contributed by atoms with van der Waals surface area (Å²) < 4.78 is 59.3. The number of nitrogens with zero attached hydrogens (tertiary/aromatic N) is 2. The zero-order valence-corrected chi connectivity index (χ0v) is 16.5. The monoisotopic (exact) mass is 440 g/mol. The van der Waals surface area contributed by atoms with Gasteiger partial charge in [-0.2, -0.15) is 5.10 Å². The van der Waals surface area contributed by atoms with Gasteiger partial charge in [0.25, 0.3) is 0 Å². The molecular formula is C19H15F3N2O5S. The van der Waals surface area contributed by atoms with Crippen molar-refractivity contribution < 1.29 is 31.6 Å². The SMILES string of the molecule is CCOC(=O)c1nn(-c2ccc(OC(F)(F)F)cc2)c2cccc(S(C)=O)c2c1=O. The predicted molar refractivity (Wildman–Crippen MR) is 102 cm³/mol. The van der Waals surface area contributed by atoms with E-state index in [1.54, 1.807) is 13.0 Å². The van der Waals surface area contributed by atoms with Crippen molar-refractivity contribution in [3.05, 3.63) is 58.4 Å². The Balaban J connectivity index is 2.27. The van der Waals surface area contributed by atoms with E-state index in [0.717, 1.165) is 12.1 Å². The van der Waals surface area contributed by atoms with Gasteiger partial charge in [-0.1, -0.05) is 6.07 Å². The maximum Gasteiger partial charge on any atom is 0.573 e. The lowest BCUT2D eigenvalue weighted by molar-refractivity contribution is -0.274. The largest absolute Gasteiger partial charge is 0.573 e. The maximum absolute atomic E-state index is 12.9. The van der Waals surface area contributed by atoms with Crippen molar-refractivity contribution in [3.63, 3.8) is 0 Å². The highest BCUT2D eigenvalue weighted by Gasteiger charge is 2.31. The first-order valence-electron chi connectivity index (χ1n) is 8.55. The summed E-state index contributed by atoms with van der Waals surface area (Å²) in [6.45, 7) is 1.56. The van der Waals surface area contributed by atoms with E-state index in [1.165, 1.54) is 35.2 Å². The number of fused-ring (bicyclic) bond motifs is 1. The van der Waals surface area contributed by atoms with E-state index in [9.17, 15) is 27.0 Å². The number of esters is 1. The second kappa shape index (κ2) is 8.27. The lowest BCUT2D eigenvalue weighted by Crippen LogP contribution is -2.25. The van der Waals surface area contributed by atoms with Gasteiger partial charge < -0.3 is 9.47 Å². The molecule has 7 nitrogen and oxygen atoms in total. The number of alkyl halides is 3. The molecule has 0 amide bonds. The van der Waals surface area contributed by atoms with Crippen LogP contribution in [0.3, 0.4) is 0 Å². The summed E-state index contributed by atoms with van der Waals surface area (Å²) in [6.07, 6.45) is -3.47. The molecule has 30 heavy (non-hydrogen) atoms. The van der Waals surface area contributed by atoms with Crippen LogP contribution in [-0.2, 0) is 15.5 Å². The number of carbonyl (C=O) groups is 1. The van der Waals surface area contributed by atoms with E-state index < -0.39 is 40.0 Å². The molecule has 3 aromatic rings. The van der Waals surface area contributed by atoms with E-state index in [2.05, 4.69) is 9.84 Å². The van der Waals surface area contributed by atoms with Crippen molar-refractivity contribution in [1.82, 2.24) is 9.78 Å². The first-order valence-corrected chi connectivity index (χ1v) is 10.1. The van der Waals surface area contributed by atoms with Crippen LogP contribution in [0.5, 0.6) is 5.75 Å². The summed E-state index contributed by atoms with van der Waals surface area (Å²) in [7, 11) is -1.56. The number of carbonyl (C=O) groups excluding carboxylic acids is 1. The summed E-state index contributed by atoms with van der Waals surface area (Å²) >= 11 is 0. The zero-order chi connectivity index (χ0) is 22.1. The number of ether oxygens (including phenoxy) is 2. The van der Waals surface area contributed by atoms with Gasteiger partial charge in [-0.15, -0.1) is 13.2 Å². The van der Waals surface area contributed by atoms with Crippen LogP contribution in [0.1, 0.15) is 17.4 Å². The lowest BCUT2D eigenvalue weighted by Gasteiger charge is -2.14. The molecule has 0 saturated carbocycles. The van der Waals surface area contributed by atoms with E-state index >= 15 is 0 Å². The molecule has 0 aliphatic heterocycles. The van der Waals surface area contributed by atoms with Crippen LogP contribution in [0.4, 0.5) is 13.2 Å². The first kappa shape index (κ1) is 21.5. The normalized spacial score (nSPS) is 12.6. The number of hydrogen-bond donors (Lipinski definition) is 0. The Hall–Kier alpha value is -3.21. The Labute approximate surface area is 170 Å². The van der Waals surface area contributed by atoms with E-state index in [1.807, 2.05) is 0 Å². The lowest BCUT2D eigenvalue weighted by atomic mass is 10.2. The maximum atomic E-state index is 12.9. The molecule has 0 aliphatic carbocycles. The minimum atomic E-state index is -4.85. The van der Waals surface area contributed by atoms with Gasteiger partial charge in [-0.05, 0) is 43.3 Å². The van der Waals surface area contributed by atoms with Crippen molar-refractivity contribution >= 4 is 27.7 Å². The Morgan fingerprint density at radius 2 is 1.83 bits per heavy atom. The van der Waals surface area contributed by atoms with Crippen LogP contribution >= 0.6 is 0 Å². The predicted octanol–water partition coefficient (Wildman–Crippen LogP) is 3.20. The minimum absolute atomic E-state index is 0.00280. The van der Waals surface area contributed by atoms with Gasteiger partial charge in [0.2, 0.25) is 11.1 Å². The van der Waals surface area contributed by atoms with E-state index in [4.69, 9.17) is 4.74 Å². The van der Waals surface area contributed by atoms with Crippen LogP contribution < -0.4 is 10.2 Å². The van der Waals surface area contributed by atoms with Crippen molar-refractivity contribution in [2.75, 3.05) is 12.9 Å². The highest BCUT2D eigenvalue weighted by atomic mass is 32.2. The summed E-state index contributed by atoms with van der Waals surface area (Å²) in [4.78, 5) is 25.4. The molecule has 0 aliphatic rings. The van der Waals surface area contributed by atoms with Crippen molar-refractivity contribution in [2.24, 2.45) is 0 Å². The molecule has 0 fully saturated rings. The molecule has 1 atom stereocenters. The van der Waals surface area contributed by atoms with Gasteiger partial charge in [-0.3, -0.25) is 9.00 Å². The topological polar surface area (TPSA) is 87.5 Å². The molecule has 0 N–H and O–H groups in total. The van der Waals surface area contributed by atoms with Crippen LogP contribution in [-0.4, -0.2) is 39.2 Å². The molecule has 1 unspecified atom stereocenters. The second-order valence-corrected chi connectivity index (χ2v) is 7.30. The molecule has 1 aromatic heterocycles. The van der Waals surface area contributed by atoms with E-state index in [-0.39, 0.29) is 28.1 Å². The average Bonchev–Trinajstić information content (AvgIpc) is 2.67. The van der Waals surface area contributed by atoms with Crippen LogP contribution in [0.15, 0.2) is 52.2 Å². The minimum Gasteiger partial charge on any atom is -0.461 e. The van der Waals surface area contributed by atoms with Gasteiger partial charge in [0, 0.05) is 6.26 Å². The van der Waals surface area contributed by atoms with Crippen LogP contribution in [0.2, 0.25) is 0 Å². The fourth-order valence-corrected chi connectivity index (χ4v) is 3.56. The molecule has 0 saturated heterocycles. The van der Waals surface area contributed by atoms with Gasteiger partial charge in [0.05, 0.1) is 38.9 Å². The third-order valence-electron chi connectivity index (χ3n) is 3.97. The first-order chi connectivity index (χ1) is 14.1. The van der Waals surface area contributed by atoms with Gasteiger partial charge in [-0.25, -0.2) is 9.48 Å². The Bertz CT molecular complexity index is 1190. The van der Waals surface area contributed by atoms with Crippen LogP contribution in [0, 0.1) is 0 Å². The Morgan fingerprint density at radius 3 is 2.40 bits per heavy atom. The number of halogens is 3. The number of aromatic nitrogens is 2. The van der Waals surface area contributed by atoms with Gasteiger partial charge >= 0.3 is 12.3 Å². The van der Waals surface area contributed by atoms with Gasteiger partial charge in [0.15, 0.2) is 0 Å². The highest BCUT2D eigenvalue weighted by molar-refractivity contribution is 7.84. The zero-order valence-electron chi connectivity index (χ0n) is 15.7. The van der Waals surface area contributed by atoms with Crippen molar-refractivity contribution in [3.8, 4) is 11.4 Å². The molecule has 0 bridgehead atoms. The Morgan fingerprint density at radius 1 is 1.17 bits per heavy atom. The smallest absolute Gasteiger partial charge is 0.461 e. The van der Waals surface area contributed by atoms with Gasteiger partial charge in [0.1, 0.15) is 5.75 Å². The molecule has 11 heteroatoms. The molecule has 2 aromatic carbocycles. The molecule has 0 radical (unpaired) electrons. The molecule has 0 spiro atoms. The number of rotatable bonds is 5. The van der Waals surface area contributed by atoms with Crippen molar-refractivity contribution in [2.45, 2.75) is 18.2 Å². The number of benzene rings is 2. The van der Waals surface area contributed by atoms with Crippen LogP contribution in [0.25, 0.3) is 16.6 Å². The second-order valence-electron chi connectivity index (χ2n) is 5.96. The Kier molecular flexibility index (Phi) is 5.92. The quantitative estimate of drug-likeness (QED) is 0.567. The molecule has 3 rings (SSSR count). The summed E-state index contributed by atoms with van der Waals surface area (Å²) in [5.41, 5.74) is -0.801. The third-order valence-corrected chi connectivity index (χ3v) is 4.93. The molecular weight excluding hydrogens is 425 g/mol. The fraction of sp³-hybridized carbons (Fsp3) is 0.211. The molecule has 1 heterocycles. The third kappa shape index (κ3) is 4.35. The molecule has 158 valence electrons. The number of hydrogen-bond acceptors (Lipinski definition) is 6. The summed E-state index contributed by atoms with van der Waals surface area (Å²) in [5.74, 6) is -1.41. The highest BCUT2D eigenvalue weighted by Crippen LogP contribution is 2.25. The summed E-state index contributed by atoms with van der Waals surface area (Å²) in [5, 5.41) is 4.07. The fourth-order valence-electron chi connectivity index (χ4n) is 2.80. The van der Waals surface area contributed by atoms with E-state index in [0.29, 0.717) is 0 Å². The summed E-state index contributed by atoms with van der Waals surface area (Å²) in [6, 6.07) is 9.27.